The first kappa shape index (κ1) is 13.7. The Morgan fingerprint density at radius 1 is 1.24 bits per heavy atom. The minimum atomic E-state index is -0.321. The molecule has 0 bridgehead atoms. The molecule has 2 N–H and O–H groups in total. The molecule has 0 saturated heterocycles. The van der Waals surface area contributed by atoms with Gasteiger partial charge in [-0.05, 0) is 0 Å². The molecule has 3 aromatic rings. The Morgan fingerprint density at radius 3 is 2.86 bits per heavy atom. The molecule has 6 nitrogen and oxygen atoms in total. The minimum absolute atomic E-state index is 0.321. The van der Waals surface area contributed by atoms with Crippen LogP contribution in [0.15, 0.2) is 41.2 Å². The lowest BCUT2D eigenvalue weighted by Gasteiger charge is -2.02. The molecule has 106 valence electrons. The molecule has 21 heavy (non-hydrogen) atoms. The topological polar surface area (TPSA) is 79.8 Å². The van der Waals surface area contributed by atoms with Crippen LogP contribution in [0, 0.1) is 0 Å². The summed E-state index contributed by atoms with van der Waals surface area (Å²) in [6.45, 7) is 0.389. The highest BCUT2D eigenvalue weighted by Gasteiger charge is 2.09. The molecular formula is C13H11N5OS2. The molecule has 0 atom stereocenters. The Kier molecular flexibility index (Phi) is 4.17. The SMILES string of the molecule is O=C(NCc1cscn1)Nc1nc(-c2ccccc2)ns1. The predicted molar refractivity (Wildman–Crippen MR) is 83.3 cm³/mol. The summed E-state index contributed by atoms with van der Waals surface area (Å²) in [6.07, 6.45) is 0. The van der Waals surface area contributed by atoms with Crippen molar-refractivity contribution in [3.8, 4) is 11.4 Å². The van der Waals surface area contributed by atoms with E-state index in [1.807, 2.05) is 35.7 Å². The molecule has 0 unspecified atom stereocenters. The van der Waals surface area contributed by atoms with E-state index in [0.717, 1.165) is 22.8 Å². The quantitative estimate of drug-likeness (QED) is 0.775. The molecule has 0 saturated carbocycles. The summed E-state index contributed by atoms with van der Waals surface area (Å²) >= 11 is 2.64. The molecule has 0 aliphatic heterocycles. The van der Waals surface area contributed by atoms with E-state index in [2.05, 4.69) is 25.0 Å². The van der Waals surface area contributed by atoms with Gasteiger partial charge < -0.3 is 5.32 Å². The Bertz CT molecular complexity index is 711. The fourth-order valence-corrected chi connectivity index (χ4v) is 2.76. The maximum absolute atomic E-state index is 11.7. The van der Waals surface area contributed by atoms with Crippen LogP contribution >= 0.6 is 22.9 Å². The van der Waals surface area contributed by atoms with Crippen molar-refractivity contribution < 1.29 is 4.79 Å². The first-order chi connectivity index (χ1) is 10.3. The Balaban J connectivity index is 1.58. The Labute approximate surface area is 129 Å². The van der Waals surface area contributed by atoms with Gasteiger partial charge in [0.15, 0.2) is 5.82 Å². The van der Waals surface area contributed by atoms with Crippen LogP contribution in [0.1, 0.15) is 5.69 Å². The summed E-state index contributed by atoms with van der Waals surface area (Å²) in [7, 11) is 0. The fraction of sp³-hybridized carbons (Fsp3) is 0.0769. The molecule has 0 spiro atoms. The zero-order valence-electron chi connectivity index (χ0n) is 10.8. The third-order valence-corrected chi connectivity index (χ3v) is 3.86. The molecule has 1 aromatic carbocycles. The van der Waals surface area contributed by atoms with Crippen LogP contribution in [0.3, 0.4) is 0 Å². The average molecular weight is 317 g/mol. The third-order valence-electron chi connectivity index (χ3n) is 2.59. The maximum atomic E-state index is 11.7. The first-order valence-corrected chi connectivity index (χ1v) is 7.84. The maximum Gasteiger partial charge on any atom is 0.321 e. The van der Waals surface area contributed by atoms with E-state index in [1.54, 1.807) is 5.51 Å². The average Bonchev–Trinajstić information content (AvgIpc) is 3.17. The highest BCUT2D eigenvalue weighted by atomic mass is 32.1. The van der Waals surface area contributed by atoms with Crippen LogP contribution in [0.2, 0.25) is 0 Å². The van der Waals surface area contributed by atoms with Gasteiger partial charge in [0.2, 0.25) is 5.13 Å². The molecule has 0 aliphatic carbocycles. The second-order valence-corrected chi connectivity index (χ2v) is 5.55. The number of amides is 2. The summed E-state index contributed by atoms with van der Waals surface area (Å²) < 4.78 is 4.23. The zero-order valence-corrected chi connectivity index (χ0v) is 12.4. The standard InChI is InChI=1S/C13H11N5OS2/c19-12(14-6-10-7-20-8-15-10)17-13-16-11(18-21-13)9-4-2-1-3-5-9/h1-5,7-8H,6H2,(H2,14,16,17,18,19). The molecule has 0 aliphatic rings. The Morgan fingerprint density at radius 2 is 2.10 bits per heavy atom. The molecule has 2 aromatic heterocycles. The van der Waals surface area contributed by atoms with Gasteiger partial charge in [0.05, 0.1) is 17.7 Å². The Hall–Kier alpha value is -2.32. The predicted octanol–water partition coefficient (Wildman–Crippen LogP) is 2.98. The summed E-state index contributed by atoms with van der Waals surface area (Å²) in [5, 5.41) is 7.73. The lowest BCUT2D eigenvalue weighted by atomic mass is 10.2. The molecular weight excluding hydrogens is 306 g/mol. The number of aromatic nitrogens is 3. The number of carbonyl (C=O) groups is 1. The van der Waals surface area contributed by atoms with Gasteiger partial charge in [-0.15, -0.1) is 11.3 Å². The molecule has 8 heteroatoms. The van der Waals surface area contributed by atoms with Crippen LogP contribution in [0.5, 0.6) is 0 Å². The number of rotatable bonds is 4. The van der Waals surface area contributed by atoms with E-state index in [9.17, 15) is 4.79 Å². The van der Waals surface area contributed by atoms with E-state index in [4.69, 9.17) is 0 Å². The monoisotopic (exact) mass is 317 g/mol. The van der Waals surface area contributed by atoms with Crippen LogP contribution in [-0.2, 0) is 6.54 Å². The van der Waals surface area contributed by atoms with Crippen molar-refractivity contribution in [2.75, 3.05) is 5.32 Å². The van der Waals surface area contributed by atoms with E-state index in [-0.39, 0.29) is 6.03 Å². The summed E-state index contributed by atoms with van der Waals surface area (Å²) in [5.41, 5.74) is 3.48. The number of hydrogen-bond acceptors (Lipinski definition) is 6. The van der Waals surface area contributed by atoms with Gasteiger partial charge >= 0.3 is 6.03 Å². The van der Waals surface area contributed by atoms with Gasteiger partial charge in [0.1, 0.15) is 0 Å². The number of benzene rings is 1. The molecule has 2 heterocycles. The lowest BCUT2D eigenvalue weighted by Crippen LogP contribution is -2.28. The number of carbonyl (C=O) groups excluding carboxylic acids is 1. The minimum Gasteiger partial charge on any atom is -0.332 e. The fourth-order valence-electron chi connectivity index (χ4n) is 1.62. The van der Waals surface area contributed by atoms with Crippen LogP contribution in [0.25, 0.3) is 11.4 Å². The molecule has 0 radical (unpaired) electrons. The number of thiazole rings is 1. The smallest absolute Gasteiger partial charge is 0.321 e. The van der Waals surface area contributed by atoms with Crippen molar-refractivity contribution in [3.05, 3.63) is 46.9 Å². The number of nitrogens with one attached hydrogen (secondary N) is 2. The van der Waals surface area contributed by atoms with Crippen molar-refractivity contribution in [3.63, 3.8) is 0 Å². The van der Waals surface area contributed by atoms with E-state index >= 15 is 0 Å². The van der Waals surface area contributed by atoms with E-state index < -0.39 is 0 Å². The highest BCUT2D eigenvalue weighted by Crippen LogP contribution is 2.20. The summed E-state index contributed by atoms with van der Waals surface area (Å²) in [5.74, 6) is 0.607. The van der Waals surface area contributed by atoms with Crippen LogP contribution < -0.4 is 10.6 Å². The van der Waals surface area contributed by atoms with Crippen LogP contribution in [-0.4, -0.2) is 20.4 Å². The zero-order chi connectivity index (χ0) is 14.5. The lowest BCUT2D eigenvalue weighted by molar-refractivity contribution is 0.251. The number of anilines is 1. The number of nitrogens with zero attached hydrogens (tertiary/aromatic N) is 3. The van der Waals surface area contributed by atoms with Crippen molar-refractivity contribution in [2.24, 2.45) is 0 Å². The van der Waals surface area contributed by atoms with Gasteiger partial charge in [-0.1, -0.05) is 30.3 Å². The number of urea groups is 1. The van der Waals surface area contributed by atoms with Crippen LogP contribution in [0.4, 0.5) is 9.93 Å². The molecule has 0 fully saturated rings. The molecule has 3 rings (SSSR count). The van der Waals surface area contributed by atoms with Gasteiger partial charge in [-0.25, -0.2) is 9.78 Å². The van der Waals surface area contributed by atoms with Crippen molar-refractivity contribution in [1.29, 1.82) is 0 Å². The van der Waals surface area contributed by atoms with Crippen molar-refractivity contribution in [1.82, 2.24) is 19.7 Å². The second-order valence-electron chi connectivity index (χ2n) is 4.08. The van der Waals surface area contributed by atoms with E-state index in [1.165, 1.54) is 11.3 Å². The largest absolute Gasteiger partial charge is 0.332 e. The molecule has 2 amide bonds. The van der Waals surface area contributed by atoms with E-state index in [0.29, 0.717) is 17.5 Å². The second kappa shape index (κ2) is 6.42. The van der Waals surface area contributed by atoms with Crippen molar-refractivity contribution in [2.45, 2.75) is 6.54 Å². The summed E-state index contributed by atoms with van der Waals surface area (Å²) in [6, 6.07) is 9.30. The first-order valence-electron chi connectivity index (χ1n) is 6.12. The highest BCUT2D eigenvalue weighted by molar-refractivity contribution is 7.10. The van der Waals surface area contributed by atoms with Gasteiger partial charge in [0, 0.05) is 22.5 Å². The summed E-state index contributed by atoms with van der Waals surface area (Å²) in [4.78, 5) is 20.1. The number of hydrogen-bond donors (Lipinski definition) is 2. The van der Waals surface area contributed by atoms with Gasteiger partial charge in [0.25, 0.3) is 0 Å². The normalized spacial score (nSPS) is 10.3. The van der Waals surface area contributed by atoms with Crippen molar-refractivity contribution >= 4 is 34.0 Å². The van der Waals surface area contributed by atoms with Gasteiger partial charge in [-0.3, -0.25) is 5.32 Å². The van der Waals surface area contributed by atoms with Gasteiger partial charge in [-0.2, -0.15) is 9.36 Å². The third kappa shape index (κ3) is 3.61.